The molecule has 2 aliphatic carbocycles. The monoisotopic (exact) mass is 552 g/mol. The summed E-state index contributed by atoms with van der Waals surface area (Å²) in [7, 11) is 0. The SMILES string of the molecule is CC1=CCCc2c1oc1c2C(C)CC=C1c1ccc(-c2ccc3ccc4c(-c5ccccc5)ccc5ccc2c3c54)cc1. The molecule has 0 saturated heterocycles. The van der Waals surface area contributed by atoms with Crippen LogP contribution in [0.15, 0.2) is 120 Å². The fourth-order valence-corrected chi connectivity index (χ4v) is 7.80. The second-order valence-electron chi connectivity index (χ2n) is 12.4. The Morgan fingerprint density at radius 1 is 0.605 bits per heavy atom. The van der Waals surface area contributed by atoms with Gasteiger partial charge in [0.25, 0.3) is 0 Å². The van der Waals surface area contributed by atoms with Crippen molar-refractivity contribution in [2.75, 3.05) is 0 Å². The van der Waals surface area contributed by atoms with Gasteiger partial charge in [-0.2, -0.15) is 0 Å². The van der Waals surface area contributed by atoms with Crippen molar-refractivity contribution in [3.05, 3.63) is 143 Å². The molecule has 9 rings (SSSR count). The predicted octanol–water partition coefficient (Wildman–Crippen LogP) is 11.8. The van der Waals surface area contributed by atoms with E-state index in [4.69, 9.17) is 4.42 Å². The van der Waals surface area contributed by atoms with Crippen molar-refractivity contribution in [3.8, 4) is 22.3 Å². The molecule has 43 heavy (non-hydrogen) atoms. The molecule has 1 heterocycles. The largest absolute Gasteiger partial charge is 0.456 e. The van der Waals surface area contributed by atoms with Crippen LogP contribution < -0.4 is 0 Å². The fourth-order valence-electron chi connectivity index (χ4n) is 7.80. The van der Waals surface area contributed by atoms with Gasteiger partial charge in [-0.25, -0.2) is 0 Å². The Balaban J connectivity index is 1.16. The highest BCUT2D eigenvalue weighted by atomic mass is 16.3. The quantitative estimate of drug-likeness (QED) is 0.199. The second-order valence-corrected chi connectivity index (χ2v) is 12.4. The number of fused-ring (bicyclic) bond motifs is 3. The molecule has 1 atom stereocenters. The lowest BCUT2D eigenvalue weighted by molar-refractivity contribution is 0.526. The highest BCUT2D eigenvalue weighted by Gasteiger charge is 2.30. The van der Waals surface area contributed by atoms with Gasteiger partial charge in [-0.3, -0.25) is 0 Å². The van der Waals surface area contributed by atoms with Crippen molar-refractivity contribution in [1.82, 2.24) is 0 Å². The molecular formula is C42H32O. The molecule has 0 spiro atoms. The van der Waals surface area contributed by atoms with E-state index < -0.39 is 0 Å². The van der Waals surface area contributed by atoms with Gasteiger partial charge in [0.15, 0.2) is 0 Å². The molecule has 1 unspecified atom stereocenters. The first-order valence-electron chi connectivity index (χ1n) is 15.6. The van der Waals surface area contributed by atoms with E-state index in [-0.39, 0.29) is 0 Å². The molecule has 1 heteroatoms. The lowest BCUT2D eigenvalue weighted by Gasteiger charge is -2.20. The van der Waals surface area contributed by atoms with E-state index in [0.717, 1.165) is 30.8 Å². The number of benzene rings is 6. The Labute approximate surface area is 252 Å². The highest BCUT2D eigenvalue weighted by molar-refractivity contribution is 6.27. The van der Waals surface area contributed by atoms with Gasteiger partial charge in [0.2, 0.25) is 0 Å². The minimum atomic E-state index is 0.496. The normalized spacial score (nSPS) is 16.4. The van der Waals surface area contributed by atoms with Gasteiger partial charge in [0.1, 0.15) is 11.5 Å². The van der Waals surface area contributed by atoms with Gasteiger partial charge in [-0.1, -0.05) is 122 Å². The molecule has 6 aromatic carbocycles. The summed E-state index contributed by atoms with van der Waals surface area (Å²) in [6.45, 7) is 4.53. The highest BCUT2D eigenvalue weighted by Crippen LogP contribution is 2.46. The van der Waals surface area contributed by atoms with Crippen molar-refractivity contribution < 1.29 is 4.42 Å². The Morgan fingerprint density at radius 2 is 1.21 bits per heavy atom. The maximum absolute atomic E-state index is 6.62. The van der Waals surface area contributed by atoms with E-state index in [1.165, 1.54) is 82.4 Å². The van der Waals surface area contributed by atoms with E-state index in [1.54, 1.807) is 0 Å². The molecule has 0 amide bonds. The molecule has 1 aromatic heterocycles. The molecule has 0 N–H and O–H groups in total. The van der Waals surface area contributed by atoms with E-state index >= 15 is 0 Å². The lowest BCUT2D eigenvalue weighted by atomic mass is 9.81. The van der Waals surface area contributed by atoms with Crippen LogP contribution in [0.4, 0.5) is 0 Å². The summed E-state index contributed by atoms with van der Waals surface area (Å²) in [6.07, 6.45) is 7.95. The summed E-state index contributed by atoms with van der Waals surface area (Å²) in [5.41, 5.74) is 11.7. The predicted molar refractivity (Wildman–Crippen MR) is 182 cm³/mol. The van der Waals surface area contributed by atoms with Crippen LogP contribution in [0.2, 0.25) is 0 Å². The average molecular weight is 553 g/mol. The van der Waals surface area contributed by atoms with Crippen molar-refractivity contribution >= 4 is 43.5 Å². The van der Waals surface area contributed by atoms with E-state index in [1.807, 2.05) is 0 Å². The van der Waals surface area contributed by atoms with Crippen LogP contribution in [0, 0.1) is 0 Å². The van der Waals surface area contributed by atoms with Gasteiger partial charge in [-0.05, 0) is 97.8 Å². The summed E-state index contributed by atoms with van der Waals surface area (Å²) in [6, 6.07) is 38.3. The fraction of sp³-hybridized carbons (Fsp3) is 0.143. The molecular weight excluding hydrogens is 520 g/mol. The van der Waals surface area contributed by atoms with Crippen LogP contribution in [0.25, 0.3) is 65.7 Å². The summed E-state index contributed by atoms with van der Waals surface area (Å²) in [4.78, 5) is 0. The molecule has 0 bridgehead atoms. The number of furan rings is 1. The third kappa shape index (κ3) is 3.64. The van der Waals surface area contributed by atoms with Gasteiger partial charge in [-0.15, -0.1) is 0 Å². The van der Waals surface area contributed by atoms with Crippen molar-refractivity contribution in [3.63, 3.8) is 0 Å². The molecule has 0 fully saturated rings. The number of hydrogen-bond donors (Lipinski definition) is 0. The van der Waals surface area contributed by atoms with E-state index in [0.29, 0.717) is 5.92 Å². The Hall–Kier alpha value is -4.88. The minimum absolute atomic E-state index is 0.496. The van der Waals surface area contributed by atoms with Crippen LogP contribution in [0.3, 0.4) is 0 Å². The Kier molecular flexibility index (Phi) is 5.35. The third-order valence-corrected chi connectivity index (χ3v) is 9.92. The zero-order valence-electron chi connectivity index (χ0n) is 24.6. The van der Waals surface area contributed by atoms with Gasteiger partial charge in [0, 0.05) is 16.7 Å². The molecule has 0 aliphatic heterocycles. The minimum Gasteiger partial charge on any atom is -0.456 e. The number of rotatable bonds is 3. The van der Waals surface area contributed by atoms with Gasteiger partial charge in [0.05, 0.1) is 0 Å². The van der Waals surface area contributed by atoms with Crippen LogP contribution in [-0.2, 0) is 6.42 Å². The van der Waals surface area contributed by atoms with Crippen molar-refractivity contribution in [2.45, 2.75) is 39.0 Å². The average Bonchev–Trinajstić information content (AvgIpc) is 3.46. The summed E-state index contributed by atoms with van der Waals surface area (Å²) in [5.74, 6) is 2.69. The first-order valence-corrected chi connectivity index (χ1v) is 15.6. The van der Waals surface area contributed by atoms with Crippen LogP contribution >= 0.6 is 0 Å². The van der Waals surface area contributed by atoms with Crippen LogP contribution in [-0.4, -0.2) is 0 Å². The van der Waals surface area contributed by atoms with Crippen LogP contribution in [0.5, 0.6) is 0 Å². The molecule has 0 radical (unpaired) electrons. The first-order chi connectivity index (χ1) is 21.2. The van der Waals surface area contributed by atoms with E-state index in [2.05, 4.69) is 129 Å². The number of hydrogen-bond acceptors (Lipinski definition) is 1. The third-order valence-electron chi connectivity index (χ3n) is 9.92. The van der Waals surface area contributed by atoms with Gasteiger partial charge >= 0.3 is 0 Å². The zero-order chi connectivity index (χ0) is 28.7. The summed E-state index contributed by atoms with van der Waals surface area (Å²) < 4.78 is 6.62. The maximum atomic E-state index is 6.62. The summed E-state index contributed by atoms with van der Waals surface area (Å²) >= 11 is 0. The topological polar surface area (TPSA) is 13.1 Å². The summed E-state index contributed by atoms with van der Waals surface area (Å²) in [5, 5.41) is 7.92. The van der Waals surface area contributed by atoms with Crippen molar-refractivity contribution in [1.29, 1.82) is 0 Å². The molecule has 1 nitrogen and oxygen atoms in total. The molecule has 7 aromatic rings. The maximum Gasteiger partial charge on any atom is 0.138 e. The Morgan fingerprint density at radius 3 is 1.88 bits per heavy atom. The first kappa shape index (κ1) is 24.7. The molecule has 206 valence electrons. The molecule has 2 aliphatic rings. The zero-order valence-corrected chi connectivity index (χ0v) is 24.6. The smallest absolute Gasteiger partial charge is 0.138 e. The standard InChI is InChI=1S/C42H32O/c1-25-11-20-34(42-38(25)37-10-6-7-26(2)41(37)43-42)29-14-12-28(13-15-29)33-22-17-31-18-23-35-32(27-8-4-3-5-9-27)21-16-30-19-24-36(33)40(31)39(30)35/h3-5,7-9,12-25H,6,10-11H2,1-2H3. The second kappa shape index (κ2) is 9.31. The van der Waals surface area contributed by atoms with Crippen molar-refractivity contribution in [2.24, 2.45) is 0 Å². The number of allylic oxidation sites excluding steroid dienone is 3. The van der Waals surface area contributed by atoms with E-state index in [9.17, 15) is 0 Å². The lowest BCUT2D eigenvalue weighted by Crippen LogP contribution is -2.06. The molecule has 0 saturated carbocycles. The van der Waals surface area contributed by atoms with Crippen LogP contribution in [0.1, 0.15) is 60.8 Å². The van der Waals surface area contributed by atoms with Gasteiger partial charge < -0.3 is 4.42 Å². The Bertz CT molecular complexity index is 2260.